The number of nitrogens with two attached hydrogens (primary N) is 1. The van der Waals surface area contributed by atoms with Crippen LogP contribution >= 0.6 is 17.1 Å². The van der Waals surface area contributed by atoms with Crippen LogP contribution in [0.1, 0.15) is 0 Å². The molecule has 0 fully saturated rings. The SMILES string of the molecule is NC(=O)CSP(O)(O)=S. The standard InChI is InChI=1S/C2H6NO3PS2/c3-2(4)1-9-7(5,6)8/h1H2,(H2,3,4)(H2,5,6,8). The topological polar surface area (TPSA) is 83.6 Å². The Morgan fingerprint density at radius 3 is 2.33 bits per heavy atom. The monoisotopic (exact) mass is 187 g/mol. The lowest BCUT2D eigenvalue weighted by Gasteiger charge is -2.02. The highest BCUT2D eigenvalue weighted by atomic mass is 32.9. The maximum atomic E-state index is 10.00. The van der Waals surface area contributed by atoms with E-state index in [0.29, 0.717) is 11.4 Å². The van der Waals surface area contributed by atoms with E-state index in [0.717, 1.165) is 0 Å². The molecule has 54 valence electrons. The van der Waals surface area contributed by atoms with Crippen molar-refractivity contribution in [1.29, 1.82) is 0 Å². The first-order valence-electron chi connectivity index (χ1n) is 1.90. The first kappa shape index (κ1) is 9.39. The molecule has 0 unspecified atom stereocenters. The van der Waals surface area contributed by atoms with Gasteiger partial charge in [-0.1, -0.05) is 11.4 Å². The number of hydrogen-bond acceptors (Lipinski definition) is 3. The van der Waals surface area contributed by atoms with Gasteiger partial charge in [0.25, 0.3) is 0 Å². The van der Waals surface area contributed by atoms with Gasteiger partial charge in [-0.05, 0) is 11.8 Å². The van der Waals surface area contributed by atoms with Crippen LogP contribution in [0.15, 0.2) is 0 Å². The predicted molar refractivity (Wildman–Crippen MR) is 40.4 cm³/mol. The van der Waals surface area contributed by atoms with Crippen LogP contribution in [0.5, 0.6) is 0 Å². The van der Waals surface area contributed by atoms with E-state index in [4.69, 9.17) is 9.79 Å². The minimum atomic E-state index is -3.27. The van der Waals surface area contributed by atoms with Crippen LogP contribution in [0.25, 0.3) is 0 Å². The van der Waals surface area contributed by atoms with Crippen molar-refractivity contribution < 1.29 is 14.6 Å². The zero-order chi connectivity index (χ0) is 7.49. The highest BCUT2D eigenvalue weighted by Crippen LogP contribution is 2.50. The lowest BCUT2D eigenvalue weighted by atomic mass is 10.8. The summed E-state index contributed by atoms with van der Waals surface area (Å²) in [5.41, 5.74) is 1.42. The number of carbonyl (C=O) groups is 1. The van der Waals surface area contributed by atoms with E-state index in [9.17, 15) is 4.79 Å². The predicted octanol–water partition coefficient (Wildman–Crippen LogP) is -0.586. The molecule has 7 heteroatoms. The van der Waals surface area contributed by atoms with E-state index >= 15 is 0 Å². The minimum absolute atomic E-state index is 0.135. The summed E-state index contributed by atoms with van der Waals surface area (Å²) in [6, 6.07) is 0. The molecule has 1 amide bonds. The van der Waals surface area contributed by atoms with Gasteiger partial charge in [-0.25, -0.2) is 0 Å². The van der Waals surface area contributed by atoms with Crippen LogP contribution in [0.4, 0.5) is 0 Å². The van der Waals surface area contributed by atoms with Gasteiger partial charge in [-0.2, -0.15) is 0 Å². The first-order chi connectivity index (χ1) is 3.92. The normalized spacial score (nSPS) is 11.3. The Bertz CT molecular complexity index is 154. The number of carbonyl (C=O) groups excluding carboxylic acids is 1. The van der Waals surface area contributed by atoms with Gasteiger partial charge in [0.2, 0.25) is 11.6 Å². The molecule has 0 spiro atoms. The number of rotatable bonds is 3. The van der Waals surface area contributed by atoms with Crippen molar-refractivity contribution in [3.8, 4) is 0 Å². The van der Waals surface area contributed by atoms with Gasteiger partial charge < -0.3 is 15.5 Å². The molecule has 0 aromatic heterocycles. The van der Waals surface area contributed by atoms with Crippen molar-refractivity contribution in [1.82, 2.24) is 0 Å². The quantitative estimate of drug-likeness (QED) is 0.514. The van der Waals surface area contributed by atoms with Gasteiger partial charge in [-0.3, -0.25) is 4.79 Å². The van der Waals surface area contributed by atoms with Crippen LogP contribution in [-0.4, -0.2) is 21.4 Å². The molecule has 0 aromatic carbocycles. The van der Waals surface area contributed by atoms with E-state index in [1.165, 1.54) is 0 Å². The van der Waals surface area contributed by atoms with Crippen LogP contribution < -0.4 is 5.73 Å². The van der Waals surface area contributed by atoms with Crippen molar-refractivity contribution in [3.05, 3.63) is 0 Å². The average Bonchev–Trinajstić information content (AvgIpc) is 1.59. The smallest absolute Gasteiger partial charge is 0.242 e. The Morgan fingerprint density at radius 2 is 2.22 bits per heavy atom. The zero-order valence-electron chi connectivity index (χ0n) is 4.35. The van der Waals surface area contributed by atoms with Crippen molar-refractivity contribution in [2.45, 2.75) is 0 Å². The molecule has 4 N–H and O–H groups in total. The van der Waals surface area contributed by atoms with Crippen LogP contribution in [0.3, 0.4) is 0 Å². The Labute approximate surface area is 61.4 Å². The molecule has 0 aliphatic rings. The van der Waals surface area contributed by atoms with Gasteiger partial charge >= 0.3 is 0 Å². The lowest BCUT2D eigenvalue weighted by Crippen LogP contribution is -2.12. The molecule has 0 atom stereocenters. The lowest BCUT2D eigenvalue weighted by molar-refractivity contribution is -0.115. The van der Waals surface area contributed by atoms with Crippen molar-refractivity contribution in [2.24, 2.45) is 5.73 Å². The zero-order valence-corrected chi connectivity index (χ0v) is 6.88. The molecule has 0 bridgehead atoms. The molecule has 0 aliphatic carbocycles. The molecule has 0 heterocycles. The summed E-state index contributed by atoms with van der Waals surface area (Å²) in [5, 5.41) is 0. The average molecular weight is 187 g/mol. The Morgan fingerprint density at radius 1 is 1.78 bits per heavy atom. The molecule has 0 rings (SSSR count). The van der Waals surface area contributed by atoms with Gasteiger partial charge in [0.1, 0.15) is 0 Å². The summed E-state index contributed by atoms with van der Waals surface area (Å²) in [5.74, 6) is -0.734. The van der Waals surface area contributed by atoms with Gasteiger partial charge in [0.05, 0.1) is 5.75 Å². The number of primary amides is 1. The third-order valence-corrected chi connectivity index (χ3v) is 3.47. The fraction of sp³-hybridized carbons (Fsp3) is 0.500. The van der Waals surface area contributed by atoms with Gasteiger partial charge in [0, 0.05) is 0 Å². The fourth-order valence-electron chi connectivity index (χ4n) is 0.148. The summed E-state index contributed by atoms with van der Waals surface area (Å²) in [6.07, 6.45) is 0. The summed E-state index contributed by atoms with van der Waals surface area (Å²) >= 11 is 4.78. The highest BCUT2D eigenvalue weighted by Gasteiger charge is 2.08. The third-order valence-electron chi connectivity index (χ3n) is 0.375. The minimum Gasteiger partial charge on any atom is -0.369 e. The molecule has 4 nitrogen and oxygen atoms in total. The van der Waals surface area contributed by atoms with Gasteiger partial charge in [0.15, 0.2) is 0 Å². The molecule has 0 aliphatic heterocycles. The second-order valence-electron chi connectivity index (χ2n) is 1.23. The molecule has 0 aromatic rings. The fourth-order valence-corrected chi connectivity index (χ4v) is 1.80. The Balaban J connectivity index is 3.53. The highest BCUT2D eigenvalue weighted by molar-refractivity contribution is 8.67. The maximum Gasteiger partial charge on any atom is 0.242 e. The van der Waals surface area contributed by atoms with Crippen molar-refractivity contribution >= 4 is 34.8 Å². The second kappa shape index (κ2) is 3.53. The van der Waals surface area contributed by atoms with E-state index in [1.54, 1.807) is 0 Å². The molecule has 0 radical (unpaired) electrons. The van der Waals surface area contributed by atoms with Crippen molar-refractivity contribution in [2.75, 3.05) is 5.75 Å². The second-order valence-corrected chi connectivity index (χ2v) is 7.28. The molecule has 0 saturated heterocycles. The summed E-state index contributed by atoms with van der Waals surface area (Å²) < 4.78 is 0. The van der Waals surface area contributed by atoms with E-state index < -0.39 is 11.6 Å². The van der Waals surface area contributed by atoms with E-state index in [-0.39, 0.29) is 5.75 Å². The van der Waals surface area contributed by atoms with Crippen LogP contribution in [0, 0.1) is 0 Å². The maximum absolute atomic E-state index is 10.00. The van der Waals surface area contributed by atoms with E-state index in [1.807, 2.05) is 0 Å². The number of hydrogen-bond donors (Lipinski definition) is 3. The molecular weight excluding hydrogens is 181 g/mol. The number of amides is 1. The van der Waals surface area contributed by atoms with Crippen LogP contribution in [-0.2, 0) is 16.6 Å². The first-order valence-corrected chi connectivity index (χ1v) is 6.20. The Kier molecular flexibility index (Phi) is 3.68. The summed E-state index contributed by atoms with van der Waals surface area (Å²) in [4.78, 5) is 27.0. The molecular formula is C2H6NO3PS2. The molecule has 0 saturated carbocycles. The molecule has 9 heavy (non-hydrogen) atoms. The Hall–Kier alpha value is 0.390. The van der Waals surface area contributed by atoms with Gasteiger partial charge in [-0.15, -0.1) is 0 Å². The third kappa shape index (κ3) is 8.39. The summed E-state index contributed by atoms with van der Waals surface area (Å²) in [6.45, 7) is 0. The summed E-state index contributed by atoms with van der Waals surface area (Å²) in [7, 11) is 0. The van der Waals surface area contributed by atoms with Crippen molar-refractivity contribution in [3.63, 3.8) is 0 Å². The van der Waals surface area contributed by atoms with Crippen LogP contribution in [0.2, 0.25) is 0 Å². The largest absolute Gasteiger partial charge is 0.369 e. The van der Waals surface area contributed by atoms with E-state index in [2.05, 4.69) is 17.5 Å².